The number of fused-ring (bicyclic) bond motifs is 1. The predicted molar refractivity (Wildman–Crippen MR) is 90.8 cm³/mol. The summed E-state index contributed by atoms with van der Waals surface area (Å²) < 4.78 is 1.83. The quantitative estimate of drug-likeness (QED) is 0.739. The highest BCUT2D eigenvalue weighted by atomic mass is 35.5. The van der Waals surface area contributed by atoms with Crippen molar-refractivity contribution in [2.45, 2.75) is 25.8 Å². The summed E-state index contributed by atoms with van der Waals surface area (Å²) in [7, 11) is 0. The molecule has 0 unspecified atom stereocenters. The SMILES string of the molecule is Clc1ccc2c(-n3cc(CN4CCCCC4)nn3)ccnc2c1. The van der Waals surface area contributed by atoms with Crippen LogP contribution in [0.4, 0.5) is 0 Å². The van der Waals surface area contributed by atoms with Gasteiger partial charge in [-0.25, -0.2) is 4.68 Å². The van der Waals surface area contributed by atoms with Crippen LogP contribution in [0, 0.1) is 0 Å². The molecule has 0 bridgehead atoms. The number of piperidine rings is 1. The van der Waals surface area contributed by atoms with Crippen molar-refractivity contribution in [3.8, 4) is 5.69 Å². The number of halogens is 1. The van der Waals surface area contributed by atoms with Gasteiger partial charge < -0.3 is 0 Å². The van der Waals surface area contributed by atoms with Crippen molar-refractivity contribution < 1.29 is 0 Å². The number of benzene rings is 1. The Morgan fingerprint density at radius 2 is 1.96 bits per heavy atom. The molecule has 5 nitrogen and oxygen atoms in total. The van der Waals surface area contributed by atoms with Gasteiger partial charge in [0.25, 0.3) is 0 Å². The molecule has 6 heteroatoms. The zero-order valence-electron chi connectivity index (χ0n) is 12.8. The molecule has 1 saturated heterocycles. The van der Waals surface area contributed by atoms with Crippen LogP contribution in [0.1, 0.15) is 25.0 Å². The lowest BCUT2D eigenvalue weighted by atomic mass is 10.1. The molecular formula is C17H18ClN5. The Bertz CT molecular complexity index is 823. The van der Waals surface area contributed by atoms with Gasteiger partial charge in [0.2, 0.25) is 0 Å². The predicted octanol–water partition coefficient (Wildman–Crippen LogP) is 3.45. The second kappa shape index (κ2) is 6.26. The van der Waals surface area contributed by atoms with Crippen molar-refractivity contribution >= 4 is 22.5 Å². The van der Waals surface area contributed by atoms with Gasteiger partial charge in [-0.1, -0.05) is 23.2 Å². The first kappa shape index (κ1) is 14.6. The van der Waals surface area contributed by atoms with Crippen molar-refractivity contribution in [1.82, 2.24) is 24.9 Å². The molecule has 1 aliphatic rings. The largest absolute Gasteiger partial charge is 0.297 e. The molecule has 23 heavy (non-hydrogen) atoms. The third-order valence-electron chi connectivity index (χ3n) is 4.30. The first-order chi connectivity index (χ1) is 11.3. The fourth-order valence-electron chi connectivity index (χ4n) is 3.14. The number of nitrogens with zero attached hydrogens (tertiary/aromatic N) is 5. The van der Waals surface area contributed by atoms with E-state index in [1.807, 2.05) is 35.1 Å². The highest BCUT2D eigenvalue weighted by Gasteiger charge is 2.13. The molecule has 1 fully saturated rings. The summed E-state index contributed by atoms with van der Waals surface area (Å²) in [5.74, 6) is 0. The van der Waals surface area contributed by atoms with E-state index >= 15 is 0 Å². The third kappa shape index (κ3) is 3.07. The Morgan fingerprint density at radius 3 is 2.83 bits per heavy atom. The van der Waals surface area contributed by atoms with Crippen LogP contribution >= 0.6 is 11.6 Å². The molecule has 4 rings (SSSR count). The molecule has 0 aliphatic carbocycles. The van der Waals surface area contributed by atoms with Crippen LogP contribution in [0.3, 0.4) is 0 Å². The number of rotatable bonds is 3. The topological polar surface area (TPSA) is 46.8 Å². The van der Waals surface area contributed by atoms with Gasteiger partial charge in [-0.05, 0) is 50.2 Å². The summed E-state index contributed by atoms with van der Waals surface area (Å²) in [6.45, 7) is 3.18. The summed E-state index contributed by atoms with van der Waals surface area (Å²) in [5.41, 5.74) is 2.85. The third-order valence-corrected chi connectivity index (χ3v) is 4.54. The standard InChI is InChI=1S/C17H18ClN5/c18-13-4-5-15-16(10-13)19-7-6-17(15)23-12-14(20-21-23)11-22-8-2-1-3-9-22/h4-7,10,12H,1-3,8-9,11H2. The van der Waals surface area contributed by atoms with Gasteiger partial charge in [0, 0.05) is 23.2 Å². The van der Waals surface area contributed by atoms with E-state index in [1.54, 1.807) is 6.20 Å². The zero-order chi connectivity index (χ0) is 15.6. The lowest BCUT2D eigenvalue weighted by Crippen LogP contribution is -2.29. The van der Waals surface area contributed by atoms with E-state index in [4.69, 9.17) is 11.6 Å². The van der Waals surface area contributed by atoms with E-state index in [2.05, 4.69) is 20.2 Å². The van der Waals surface area contributed by atoms with Gasteiger partial charge in [-0.2, -0.15) is 0 Å². The van der Waals surface area contributed by atoms with Crippen molar-refractivity contribution in [1.29, 1.82) is 0 Å². The minimum absolute atomic E-state index is 0.687. The molecule has 0 atom stereocenters. The Balaban J connectivity index is 1.63. The van der Waals surface area contributed by atoms with Crippen molar-refractivity contribution in [3.63, 3.8) is 0 Å². The van der Waals surface area contributed by atoms with Crippen LogP contribution < -0.4 is 0 Å². The van der Waals surface area contributed by atoms with Gasteiger partial charge in [0.1, 0.15) is 0 Å². The average molecular weight is 328 g/mol. The second-order valence-corrected chi connectivity index (χ2v) is 6.42. The monoisotopic (exact) mass is 327 g/mol. The first-order valence-electron chi connectivity index (χ1n) is 7.98. The lowest BCUT2D eigenvalue weighted by Gasteiger charge is -2.25. The van der Waals surface area contributed by atoms with Crippen LogP contribution in [0.2, 0.25) is 5.02 Å². The molecular weight excluding hydrogens is 310 g/mol. The van der Waals surface area contributed by atoms with Crippen LogP contribution in [0.25, 0.3) is 16.6 Å². The average Bonchev–Trinajstić information content (AvgIpc) is 3.03. The normalized spacial score (nSPS) is 16.0. The number of likely N-dealkylation sites (tertiary alicyclic amines) is 1. The number of aromatic nitrogens is 4. The molecule has 0 amide bonds. The van der Waals surface area contributed by atoms with Gasteiger partial charge in [0.15, 0.2) is 0 Å². The molecule has 1 aliphatic heterocycles. The molecule has 0 saturated carbocycles. The molecule has 0 N–H and O–H groups in total. The molecule has 118 valence electrons. The van der Waals surface area contributed by atoms with Crippen LogP contribution in [-0.2, 0) is 6.54 Å². The Labute approximate surface area is 139 Å². The molecule has 1 aromatic carbocycles. The minimum atomic E-state index is 0.687. The van der Waals surface area contributed by atoms with Crippen molar-refractivity contribution in [2.24, 2.45) is 0 Å². The number of hydrogen-bond acceptors (Lipinski definition) is 4. The second-order valence-electron chi connectivity index (χ2n) is 5.98. The highest BCUT2D eigenvalue weighted by Crippen LogP contribution is 2.23. The van der Waals surface area contributed by atoms with E-state index in [1.165, 1.54) is 19.3 Å². The summed E-state index contributed by atoms with van der Waals surface area (Å²) in [6.07, 6.45) is 7.69. The smallest absolute Gasteiger partial charge is 0.0971 e. The van der Waals surface area contributed by atoms with Crippen LogP contribution in [0.15, 0.2) is 36.7 Å². The Kier molecular flexibility index (Phi) is 3.97. The first-order valence-corrected chi connectivity index (χ1v) is 8.36. The summed E-state index contributed by atoms with van der Waals surface area (Å²) >= 11 is 6.05. The van der Waals surface area contributed by atoms with Crippen LogP contribution in [-0.4, -0.2) is 38.0 Å². The fraction of sp³-hybridized carbons (Fsp3) is 0.353. The van der Waals surface area contributed by atoms with Crippen molar-refractivity contribution in [3.05, 3.63) is 47.4 Å². The van der Waals surface area contributed by atoms with E-state index in [-0.39, 0.29) is 0 Å². The highest BCUT2D eigenvalue weighted by molar-refractivity contribution is 6.31. The maximum atomic E-state index is 6.05. The molecule has 0 radical (unpaired) electrons. The summed E-state index contributed by atoms with van der Waals surface area (Å²) in [4.78, 5) is 6.82. The van der Waals surface area contributed by atoms with E-state index in [0.717, 1.165) is 41.9 Å². The van der Waals surface area contributed by atoms with Gasteiger partial charge in [-0.15, -0.1) is 5.10 Å². The molecule has 0 spiro atoms. The van der Waals surface area contributed by atoms with Gasteiger partial charge in [0.05, 0.1) is 23.1 Å². The lowest BCUT2D eigenvalue weighted by molar-refractivity contribution is 0.218. The van der Waals surface area contributed by atoms with Gasteiger partial charge in [-0.3, -0.25) is 9.88 Å². The maximum Gasteiger partial charge on any atom is 0.0971 e. The maximum absolute atomic E-state index is 6.05. The fourth-order valence-corrected chi connectivity index (χ4v) is 3.31. The summed E-state index contributed by atoms with van der Waals surface area (Å²) in [6, 6.07) is 7.67. The Hall–Kier alpha value is -1.98. The molecule has 3 aromatic rings. The van der Waals surface area contributed by atoms with Crippen LogP contribution in [0.5, 0.6) is 0 Å². The van der Waals surface area contributed by atoms with Crippen molar-refractivity contribution in [2.75, 3.05) is 13.1 Å². The Morgan fingerprint density at radius 1 is 1.09 bits per heavy atom. The van der Waals surface area contributed by atoms with E-state index in [0.29, 0.717) is 5.02 Å². The number of hydrogen-bond donors (Lipinski definition) is 0. The molecule has 3 heterocycles. The number of pyridine rings is 1. The zero-order valence-corrected chi connectivity index (χ0v) is 13.6. The minimum Gasteiger partial charge on any atom is -0.297 e. The van der Waals surface area contributed by atoms with Gasteiger partial charge >= 0.3 is 0 Å². The summed E-state index contributed by atoms with van der Waals surface area (Å²) in [5, 5.41) is 10.3. The van der Waals surface area contributed by atoms with E-state index in [9.17, 15) is 0 Å². The molecule has 2 aromatic heterocycles. The van der Waals surface area contributed by atoms with E-state index < -0.39 is 0 Å².